The number of hydrogen-bond donors (Lipinski definition) is 1. The maximum atomic E-state index is 9.60. The molecular formula is C30H41NO2Rh. The first kappa shape index (κ1) is 28.4. The smallest absolute Gasteiger partial charge is 0.325 e. The van der Waals surface area contributed by atoms with Crippen LogP contribution in [0.2, 0.25) is 0 Å². The van der Waals surface area contributed by atoms with Crippen molar-refractivity contribution in [1.29, 1.82) is 0 Å². The second-order valence-corrected chi connectivity index (χ2v) is 11.6. The second kappa shape index (κ2) is 11.8. The number of aliphatic hydroxyl groups is 1. The minimum Gasteiger partial charge on any atom is -0.511 e. The molecular weight excluding hydrogens is 509 g/mol. The third kappa shape index (κ3) is 7.60. The van der Waals surface area contributed by atoms with Crippen molar-refractivity contribution in [2.45, 2.75) is 92.9 Å². The number of hydrogen-bond acceptors (Lipinski definition) is 2. The van der Waals surface area contributed by atoms with E-state index in [1.165, 1.54) is 85.3 Å². The molecule has 0 aliphatic heterocycles. The van der Waals surface area contributed by atoms with E-state index in [0.29, 0.717) is 0 Å². The van der Waals surface area contributed by atoms with E-state index in [0.717, 1.165) is 5.69 Å². The molecule has 4 heteroatoms. The van der Waals surface area contributed by atoms with Crippen molar-refractivity contribution < 1.29 is 29.4 Å². The molecule has 0 fully saturated rings. The van der Waals surface area contributed by atoms with E-state index in [4.69, 9.17) is 0 Å². The van der Waals surface area contributed by atoms with Gasteiger partial charge in [-0.1, -0.05) is 51.7 Å². The molecule has 187 valence electrons. The summed E-state index contributed by atoms with van der Waals surface area (Å²) >= 11 is 0. The molecule has 2 aliphatic carbocycles. The summed E-state index contributed by atoms with van der Waals surface area (Å²) in [6, 6.07) is 10.3. The van der Waals surface area contributed by atoms with Gasteiger partial charge in [-0.15, -0.1) is 34.9 Å². The Hall–Kier alpha value is -1.80. The normalized spacial score (nSPS) is 15.8. The fourth-order valence-electron chi connectivity index (χ4n) is 4.13. The van der Waals surface area contributed by atoms with Crippen molar-refractivity contribution in [2.75, 3.05) is 0 Å². The summed E-state index contributed by atoms with van der Waals surface area (Å²) in [5.74, 6) is 0.417. The van der Waals surface area contributed by atoms with E-state index in [1.807, 2.05) is 41.5 Å². The molecule has 0 atom stereocenters. The Kier molecular flexibility index (Phi) is 9.84. The number of pyridine rings is 1. The number of carbonyl (C=O) groups excluding carboxylic acids is 1. The van der Waals surface area contributed by atoms with Crippen LogP contribution in [0.4, 0.5) is 0 Å². The maximum absolute atomic E-state index is 9.60. The molecule has 0 amide bonds. The molecule has 3 nitrogen and oxygen atoms in total. The molecule has 2 N–H and O–H groups in total. The van der Waals surface area contributed by atoms with Gasteiger partial charge in [-0.2, -0.15) is 0 Å². The average molecular weight is 551 g/mol. The van der Waals surface area contributed by atoms with E-state index in [-0.39, 0.29) is 41.9 Å². The van der Waals surface area contributed by atoms with Crippen LogP contribution in [0.3, 0.4) is 0 Å². The van der Waals surface area contributed by atoms with Gasteiger partial charge >= 0.3 is 5.78 Å². The zero-order valence-electron chi connectivity index (χ0n) is 21.7. The van der Waals surface area contributed by atoms with Crippen LogP contribution in [0.1, 0.15) is 89.5 Å². The molecule has 1 radical (unpaired) electrons. The summed E-state index contributed by atoms with van der Waals surface area (Å²) in [7, 11) is 0. The molecule has 1 aromatic carbocycles. The zero-order chi connectivity index (χ0) is 24.2. The molecule has 1 aromatic heterocycles. The number of nitrogens with zero attached hydrogens (tertiary/aromatic N) is 1. The maximum Gasteiger partial charge on any atom is 0.325 e. The molecule has 1 heterocycles. The molecule has 0 spiro atoms. The Bertz CT molecular complexity index is 968. The number of aliphatic hydroxyl groups excluding tert-OH is 1. The Balaban J connectivity index is 0.000000258. The number of rotatable bonds is 2. The van der Waals surface area contributed by atoms with Crippen LogP contribution in [0.25, 0.3) is 11.3 Å². The van der Waals surface area contributed by atoms with Gasteiger partial charge in [0.05, 0.1) is 11.5 Å². The van der Waals surface area contributed by atoms with Crippen molar-refractivity contribution in [3.05, 3.63) is 64.6 Å². The molecule has 34 heavy (non-hydrogen) atoms. The largest absolute Gasteiger partial charge is 0.511 e. The van der Waals surface area contributed by atoms with E-state index >= 15 is 0 Å². The third-order valence-corrected chi connectivity index (χ3v) is 6.59. The number of aromatic nitrogens is 1. The summed E-state index contributed by atoms with van der Waals surface area (Å²) in [5.41, 5.74) is 7.66. The first-order chi connectivity index (χ1) is 15.4. The fraction of sp³-hybridized carbons (Fsp3) is 0.533. The van der Waals surface area contributed by atoms with Gasteiger partial charge in [-0.05, 0) is 64.1 Å². The van der Waals surface area contributed by atoms with Crippen molar-refractivity contribution in [3.8, 4) is 11.3 Å². The van der Waals surface area contributed by atoms with Crippen LogP contribution < -0.4 is 0 Å². The van der Waals surface area contributed by atoms with Gasteiger partial charge in [0.1, 0.15) is 5.76 Å². The Morgan fingerprint density at radius 3 is 1.94 bits per heavy atom. The molecule has 0 unspecified atom stereocenters. The first-order valence-electron chi connectivity index (χ1n) is 12.4. The van der Waals surface area contributed by atoms with Crippen LogP contribution in [0.5, 0.6) is 0 Å². The second-order valence-electron chi connectivity index (χ2n) is 11.6. The number of aryl methyl sites for hydroxylation is 4. The quantitative estimate of drug-likeness (QED) is 0.140. The molecule has 0 saturated heterocycles. The van der Waals surface area contributed by atoms with Crippen LogP contribution >= 0.6 is 0 Å². The summed E-state index contributed by atoms with van der Waals surface area (Å²) < 4.78 is 0. The topological polar surface area (TPSA) is 54.5 Å². The summed E-state index contributed by atoms with van der Waals surface area (Å²) in [4.78, 5) is 14.3. The van der Waals surface area contributed by atoms with E-state index in [9.17, 15) is 9.90 Å². The Morgan fingerprint density at radius 1 is 0.853 bits per heavy atom. The first-order valence-corrected chi connectivity index (χ1v) is 12.4. The molecule has 0 bridgehead atoms. The summed E-state index contributed by atoms with van der Waals surface area (Å²) in [5, 5.41) is 9.60. The van der Waals surface area contributed by atoms with Gasteiger partial charge in [0.15, 0.2) is 0 Å². The van der Waals surface area contributed by atoms with Crippen LogP contribution in [-0.4, -0.2) is 20.7 Å². The molecule has 0 saturated carbocycles. The predicted octanol–water partition coefficient (Wildman–Crippen LogP) is 7.37. The SMILES string of the molecule is CC(C)(C)C(=[OH+])/C=C(\O)C(C)(C)C.[Rh].[c-]1cc2c(cc1-c1cc3c(cn1)CCCC3)CCCC2. The van der Waals surface area contributed by atoms with E-state index in [2.05, 4.69) is 35.4 Å². The van der Waals surface area contributed by atoms with Gasteiger partial charge in [0.25, 0.3) is 0 Å². The van der Waals surface area contributed by atoms with Crippen LogP contribution in [0.15, 0.2) is 36.2 Å². The third-order valence-electron chi connectivity index (χ3n) is 6.59. The molecule has 4 rings (SSSR count). The van der Waals surface area contributed by atoms with Gasteiger partial charge in [0, 0.05) is 31.1 Å². The predicted molar refractivity (Wildman–Crippen MR) is 138 cm³/mol. The zero-order valence-corrected chi connectivity index (χ0v) is 23.4. The Labute approximate surface area is 219 Å². The van der Waals surface area contributed by atoms with Crippen molar-refractivity contribution in [3.63, 3.8) is 0 Å². The van der Waals surface area contributed by atoms with Gasteiger partial charge < -0.3 is 10.1 Å². The average Bonchev–Trinajstić information content (AvgIpc) is 2.77. The number of allylic oxidation sites excluding steroid dienone is 2. The Morgan fingerprint density at radius 2 is 1.38 bits per heavy atom. The minimum absolute atomic E-state index is 0. The van der Waals surface area contributed by atoms with Crippen LogP contribution in [0, 0.1) is 16.9 Å². The summed E-state index contributed by atoms with van der Waals surface area (Å²) in [6.45, 7) is 11.4. The number of fused-ring (bicyclic) bond motifs is 2. The van der Waals surface area contributed by atoms with E-state index < -0.39 is 0 Å². The van der Waals surface area contributed by atoms with Gasteiger partial charge in [-0.3, -0.25) is 4.79 Å². The number of benzene rings is 1. The monoisotopic (exact) mass is 550 g/mol. The van der Waals surface area contributed by atoms with Crippen molar-refractivity contribution >= 4 is 5.78 Å². The molecule has 2 aliphatic rings. The van der Waals surface area contributed by atoms with Gasteiger partial charge in [-0.25, -0.2) is 0 Å². The molecule has 2 aromatic rings. The van der Waals surface area contributed by atoms with Crippen molar-refractivity contribution in [2.24, 2.45) is 10.8 Å². The summed E-state index contributed by atoms with van der Waals surface area (Å²) in [6.07, 6.45) is 13.7. The van der Waals surface area contributed by atoms with Crippen molar-refractivity contribution in [1.82, 2.24) is 4.98 Å². The number of ketones is 1. The fourth-order valence-corrected chi connectivity index (χ4v) is 4.13. The standard InChI is InChI=1S/C19H20N.C11H20O2.Rh/c1-2-6-15-11-17(10-9-14(15)5-1)19-12-16-7-3-4-8-18(16)13-20-19;1-10(2,3)8(12)7-9(13)11(4,5)6;/h9,11-13H,1-8H2;7,12H,1-6H3;/q-1;;/p+1/b;8-7-;. The van der Waals surface area contributed by atoms with Gasteiger partial charge in [0.2, 0.25) is 0 Å². The van der Waals surface area contributed by atoms with E-state index in [1.54, 1.807) is 0 Å². The van der Waals surface area contributed by atoms with Crippen LogP contribution in [-0.2, 0) is 45.2 Å². The minimum atomic E-state index is -0.306.